The number of hydrogen-bond donors (Lipinski definition) is 2. The topological polar surface area (TPSA) is 80.6 Å². The molecule has 0 saturated carbocycles. The maximum atomic E-state index is 12.1. The number of rotatable bonds is 11. The summed E-state index contributed by atoms with van der Waals surface area (Å²) in [5, 5.41) is 3.06. The number of methoxy groups -OCH3 is 1. The second kappa shape index (κ2) is 9.47. The quantitative estimate of drug-likeness (QED) is 0.595. The molecule has 1 unspecified atom stereocenters. The Balaban J connectivity index is 2.53. The van der Waals surface area contributed by atoms with Crippen molar-refractivity contribution < 1.29 is 17.6 Å². The van der Waals surface area contributed by atoms with Gasteiger partial charge in [0.2, 0.25) is 5.09 Å². The van der Waals surface area contributed by atoms with E-state index in [0.29, 0.717) is 25.5 Å². The number of sulfonamides is 1. The summed E-state index contributed by atoms with van der Waals surface area (Å²) in [5.41, 5.74) is 0. The Morgan fingerprint density at radius 2 is 2.19 bits per heavy atom. The Bertz CT molecular complexity index is 502. The summed E-state index contributed by atoms with van der Waals surface area (Å²) in [6.45, 7) is 5.64. The molecule has 0 radical (unpaired) electrons. The Morgan fingerprint density at radius 3 is 2.86 bits per heavy atom. The molecule has 21 heavy (non-hydrogen) atoms. The fourth-order valence-electron chi connectivity index (χ4n) is 1.64. The zero-order valence-corrected chi connectivity index (χ0v) is 14.4. The van der Waals surface area contributed by atoms with Crippen LogP contribution in [0.2, 0.25) is 0 Å². The molecule has 0 spiro atoms. The Kier molecular flexibility index (Phi) is 8.35. The van der Waals surface area contributed by atoms with Crippen molar-refractivity contribution in [1.29, 1.82) is 0 Å². The molecule has 0 bridgehead atoms. The van der Waals surface area contributed by atoms with Gasteiger partial charge >= 0.3 is 0 Å². The summed E-state index contributed by atoms with van der Waals surface area (Å²) < 4.78 is 37.2. The van der Waals surface area contributed by atoms with Crippen LogP contribution in [0.1, 0.15) is 19.6 Å². The van der Waals surface area contributed by atoms with Crippen LogP contribution < -0.4 is 10.0 Å². The zero-order valence-electron chi connectivity index (χ0n) is 12.7. The van der Waals surface area contributed by atoms with E-state index in [1.807, 2.05) is 13.8 Å². The zero-order chi connectivity index (χ0) is 15.7. The van der Waals surface area contributed by atoms with Gasteiger partial charge < -0.3 is 14.5 Å². The largest absolute Gasteiger partial charge is 0.447 e. The van der Waals surface area contributed by atoms with E-state index in [9.17, 15) is 8.42 Å². The van der Waals surface area contributed by atoms with Crippen LogP contribution >= 0.6 is 11.8 Å². The van der Waals surface area contributed by atoms with Crippen molar-refractivity contribution in [1.82, 2.24) is 10.0 Å². The van der Waals surface area contributed by atoms with Crippen LogP contribution in [-0.2, 0) is 21.3 Å². The van der Waals surface area contributed by atoms with Crippen LogP contribution in [0, 0.1) is 0 Å². The van der Waals surface area contributed by atoms with E-state index in [-0.39, 0.29) is 11.1 Å². The highest BCUT2D eigenvalue weighted by Crippen LogP contribution is 2.15. The maximum absolute atomic E-state index is 12.1. The predicted molar refractivity (Wildman–Crippen MR) is 85.1 cm³/mol. The van der Waals surface area contributed by atoms with Gasteiger partial charge in [0.05, 0.1) is 13.2 Å². The Morgan fingerprint density at radius 1 is 1.43 bits per heavy atom. The van der Waals surface area contributed by atoms with Crippen molar-refractivity contribution in [2.45, 2.75) is 31.5 Å². The van der Waals surface area contributed by atoms with Gasteiger partial charge in [-0.2, -0.15) is 11.8 Å². The third kappa shape index (κ3) is 6.84. The number of thioether (sulfide) groups is 1. The number of ether oxygens (including phenoxy) is 1. The molecule has 0 fully saturated rings. The van der Waals surface area contributed by atoms with Gasteiger partial charge in [0, 0.05) is 25.4 Å². The van der Waals surface area contributed by atoms with Gasteiger partial charge in [-0.05, 0) is 24.8 Å². The third-order valence-electron chi connectivity index (χ3n) is 2.61. The van der Waals surface area contributed by atoms with Gasteiger partial charge in [0.25, 0.3) is 10.0 Å². The Hall–Kier alpha value is -0.540. The van der Waals surface area contributed by atoms with Crippen molar-refractivity contribution in [3.05, 3.63) is 17.9 Å². The minimum Gasteiger partial charge on any atom is -0.447 e. The van der Waals surface area contributed by atoms with Crippen LogP contribution in [0.5, 0.6) is 0 Å². The molecule has 0 aliphatic carbocycles. The summed E-state index contributed by atoms with van der Waals surface area (Å²) in [7, 11) is -1.96. The first-order chi connectivity index (χ1) is 9.99. The fraction of sp³-hybridized carbons (Fsp3) is 0.692. The van der Waals surface area contributed by atoms with Gasteiger partial charge in [-0.3, -0.25) is 0 Å². The summed E-state index contributed by atoms with van der Waals surface area (Å²) in [5.74, 6) is 2.29. The van der Waals surface area contributed by atoms with Crippen molar-refractivity contribution in [3.8, 4) is 0 Å². The second-order valence-electron chi connectivity index (χ2n) is 4.57. The van der Waals surface area contributed by atoms with Crippen molar-refractivity contribution in [2.75, 3.05) is 31.8 Å². The fourth-order valence-corrected chi connectivity index (χ4v) is 3.61. The molecule has 8 heteroatoms. The van der Waals surface area contributed by atoms with Crippen molar-refractivity contribution >= 4 is 21.8 Å². The van der Waals surface area contributed by atoms with Crippen molar-refractivity contribution in [3.63, 3.8) is 0 Å². The van der Waals surface area contributed by atoms with Gasteiger partial charge in [0.15, 0.2) is 0 Å². The van der Waals surface area contributed by atoms with Crippen LogP contribution in [0.25, 0.3) is 0 Å². The monoisotopic (exact) mass is 336 g/mol. The molecule has 0 amide bonds. The van der Waals surface area contributed by atoms with Gasteiger partial charge in [0.1, 0.15) is 5.76 Å². The molecule has 6 nitrogen and oxygen atoms in total. The minimum atomic E-state index is -3.59. The van der Waals surface area contributed by atoms with Crippen LogP contribution in [0.15, 0.2) is 21.6 Å². The molecule has 0 aliphatic rings. The van der Waals surface area contributed by atoms with E-state index in [2.05, 4.69) is 10.0 Å². The molecule has 122 valence electrons. The first-order valence-electron chi connectivity index (χ1n) is 6.88. The van der Waals surface area contributed by atoms with Crippen LogP contribution in [-0.4, -0.2) is 46.2 Å². The summed E-state index contributed by atoms with van der Waals surface area (Å²) in [6, 6.07) is 3.02. The molecule has 1 heterocycles. The highest BCUT2D eigenvalue weighted by Gasteiger charge is 2.21. The summed E-state index contributed by atoms with van der Waals surface area (Å²) in [6.07, 6.45) is 0. The summed E-state index contributed by atoms with van der Waals surface area (Å²) in [4.78, 5) is 0. The number of furan rings is 1. The molecule has 0 aromatic carbocycles. The van der Waals surface area contributed by atoms with Gasteiger partial charge in [-0.1, -0.05) is 6.92 Å². The lowest BCUT2D eigenvalue weighted by Gasteiger charge is -2.11. The average molecular weight is 336 g/mol. The normalized spacial score (nSPS) is 13.5. The molecule has 1 aromatic rings. The first-order valence-corrected chi connectivity index (χ1v) is 9.51. The van der Waals surface area contributed by atoms with E-state index in [0.717, 1.165) is 11.5 Å². The molecule has 1 atom stereocenters. The first kappa shape index (κ1) is 18.5. The van der Waals surface area contributed by atoms with E-state index in [1.54, 1.807) is 24.9 Å². The number of hydrogen-bond acceptors (Lipinski definition) is 6. The molecule has 2 N–H and O–H groups in total. The Labute approximate surface area is 131 Å². The number of nitrogens with one attached hydrogen (secondary N) is 2. The van der Waals surface area contributed by atoms with E-state index in [4.69, 9.17) is 9.15 Å². The molecule has 0 aliphatic heterocycles. The SMILES string of the molecule is CCSCC(C)NS(=O)(=O)c1ccc(CNCCOC)o1. The summed E-state index contributed by atoms with van der Waals surface area (Å²) >= 11 is 1.69. The molecule has 1 rings (SSSR count). The van der Waals surface area contributed by atoms with Crippen LogP contribution in [0.4, 0.5) is 0 Å². The third-order valence-corrected chi connectivity index (χ3v) is 5.22. The smallest absolute Gasteiger partial charge is 0.274 e. The maximum Gasteiger partial charge on any atom is 0.274 e. The molecule has 0 saturated heterocycles. The minimum absolute atomic E-state index is 0.0422. The van der Waals surface area contributed by atoms with Gasteiger partial charge in [-0.15, -0.1) is 0 Å². The van der Waals surface area contributed by atoms with Gasteiger partial charge in [-0.25, -0.2) is 13.1 Å². The lowest BCUT2D eigenvalue weighted by atomic mass is 10.4. The standard InChI is InChI=1S/C13H24N2O4S2/c1-4-20-10-11(2)15-21(16,17)13-6-5-12(19-13)9-14-7-8-18-3/h5-6,11,14-15H,4,7-10H2,1-3H3. The van der Waals surface area contributed by atoms with Crippen LogP contribution in [0.3, 0.4) is 0 Å². The molecular formula is C13H24N2O4S2. The average Bonchev–Trinajstić information content (AvgIpc) is 2.90. The van der Waals surface area contributed by atoms with E-state index in [1.165, 1.54) is 6.07 Å². The van der Waals surface area contributed by atoms with E-state index >= 15 is 0 Å². The lowest BCUT2D eigenvalue weighted by molar-refractivity contribution is 0.198. The van der Waals surface area contributed by atoms with E-state index < -0.39 is 10.0 Å². The lowest BCUT2D eigenvalue weighted by Crippen LogP contribution is -2.34. The van der Waals surface area contributed by atoms with Crippen molar-refractivity contribution in [2.24, 2.45) is 0 Å². The molecule has 1 aromatic heterocycles. The second-order valence-corrected chi connectivity index (χ2v) is 7.54. The predicted octanol–water partition coefficient (Wildman–Crippen LogP) is 1.44. The highest BCUT2D eigenvalue weighted by molar-refractivity contribution is 7.99. The molecular weight excluding hydrogens is 312 g/mol. The highest BCUT2D eigenvalue weighted by atomic mass is 32.2.